The van der Waals surface area contributed by atoms with Crippen molar-refractivity contribution in [3.8, 4) is 11.1 Å². The van der Waals surface area contributed by atoms with Gasteiger partial charge in [-0.15, -0.1) is 0 Å². The molecule has 5 heterocycles. The minimum absolute atomic E-state index is 0.873. The lowest BCUT2D eigenvalue weighted by atomic mass is 9.99. The van der Waals surface area contributed by atoms with Crippen LogP contribution in [0.25, 0.3) is 110 Å². The molecule has 0 saturated carbocycles. The number of para-hydroxylation sites is 4. The Hall–Kier alpha value is -8.02. The van der Waals surface area contributed by atoms with Gasteiger partial charge in [0.05, 0.1) is 33.1 Å². The second kappa shape index (κ2) is 11.3. The Balaban J connectivity index is 1.04. The van der Waals surface area contributed by atoms with E-state index in [2.05, 4.69) is 177 Å². The largest absolute Gasteiger partial charge is 0.456 e. The normalized spacial score (nSPS) is 12.4. The third-order valence-corrected chi connectivity index (χ3v) is 12.6. The van der Waals surface area contributed by atoms with E-state index in [-0.39, 0.29) is 0 Å². The molecule has 0 aliphatic rings. The number of rotatable bonds is 4. The van der Waals surface area contributed by atoms with Crippen molar-refractivity contribution in [3.05, 3.63) is 188 Å². The molecule has 5 nitrogen and oxygen atoms in total. The lowest BCUT2D eigenvalue weighted by Crippen LogP contribution is -2.10. The van der Waals surface area contributed by atoms with Gasteiger partial charge in [0.15, 0.2) is 0 Å². The predicted molar refractivity (Wildman–Crippen MR) is 244 cm³/mol. The number of hydrogen-bond acceptors (Lipinski definition) is 3. The molecule has 5 aromatic heterocycles. The van der Waals surface area contributed by atoms with Gasteiger partial charge in [0.1, 0.15) is 22.3 Å². The fourth-order valence-corrected chi connectivity index (χ4v) is 10.1. The fourth-order valence-electron chi connectivity index (χ4n) is 10.1. The maximum atomic E-state index is 6.32. The van der Waals surface area contributed by atoms with Crippen LogP contribution < -0.4 is 4.90 Å². The monoisotopic (exact) mass is 753 g/mol. The van der Waals surface area contributed by atoms with Gasteiger partial charge < -0.3 is 22.5 Å². The van der Waals surface area contributed by atoms with E-state index in [9.17, 15) is 0 Å². The molecule has 274 valence electrons. The average molecular weight is 754 g/mol. The number of nitrogens with zero attached hydrogens (tertiary/aromatic N) is 3. The van der Waals surface area contributed by atoms with E-state index < -0.39 is 0 Å². The van der Waals surface area contributed by atoms with Crippen LogP contribution in [0, 0.1) is 0 Å². The third kappa shape index (κ3) is 4.13. The lowest BCUT2D eigenvalue weighted by Gasteiger charge is -2.26. The highest BCUT2D eigenvalue weighted by molar-refractivity contribution is 6.25. The van der Waals surface area contributed by atoms with Crippen molar-refractivity contribution in [1.29, 1.82) is 0 Å². The minimum Gasteiger partial charge on any atom is -0.456 e. The molecular weight excluding hydrogens is 723 g/mol. The number of anilines is 3. The Labute approximate surface area is 336 Å². The first-order valence-electron chi connectivity index (χ1n) is 20.1. The van der Waals surface area contributed by atoms with Gasteiger partial charge in [0.2, 0.25) is 0 Å². The van der Waals surface area contributed by atoms with Crippen molar-refractivity contribution in [1.82, 2.24) is 8.80 Å². The molecule has 0 fully saturated rings. The van der Waals surface area contributed by atoms with E-state index in [0.717, 1.165) is 83.1 Å². The van der Waals surface area contributed by atoms with Crippen molar-refractivity contribution < 1.29 is 8.83 Å². The number of fused-ring (bicyclic) bond motifs is 15. The van der Waals surface area contributed by atoms with E-state index >= 15 is 0 Å². The van der Waals surface area contributed by atoms with Gasteiger partial charge >= 0.3 is 0 Å². The number of benzene rings is 9. The molecule has 0 amide bonds. The highest BCUT2D eigenvalue weighted by atomic mass is 16.3. The second-order valence-corrected chi connectivity index (χ2v) is 15.7. The van der Waals surface area contributed by atoms with E-state index in [1.54, 1.807) is 0 Å². The van der Waals surface area contributed by atoms with Gasteiger partial charge in [0.25, 0.3) is 0 Å². The Morgan fingerprint density at radius 1 is 0.322 bits per heavy atom. The van der Waals surface area contributed by atoms with Crippen LogP contribution >= 0.6 is 0 Å². The summed E-state index contributed by atoms with van der Waals surface area (Å²) < 4.78 is 17.6. The van der Waals surface area contributed by atoms with Gasteiger partial charge in [-0.2, -0.15) is 0 Å². The summed E-state index contributed by atoms with van der Waals surface area (Å²) in [5, 5.41) is 9.50. The molecule has 0 bridgehead atoms. The van der Waals surface area contributed by atoms with E-state index in [1.807, 2.05) is 24.3 Å². The zero-order valence-corrected chi connectivity index (χ0v) is 31.6. The van der Waals surface area contributed by atoms with Crippen LogP contribution in [0.15, 0.2) is 197 Å². The average Bonchev–Trinajstić information content (AvgIpc) is 4.05. The summed E-state index contributed by atoms with van der Waals surface area (Å²) in [5.74, 6) is 0. The standard InChI is InChI=1S/C54H31N3O2/c1-5-15-44-37(10-1)40-26-27-41-38-11-2-6-16-45(38)57-47-31-35(24-28-46(47)56(44)53(40)54(41)57)55(34-25-29-50-43(30-34)39-12-3-7-17-48(39)58-50)33-22-20-32(21-23-33)36-14-9-19-51-52(36)42-13-4-8-18-49(42)59-51/h1-31H. The number of furan rings is 2. The molecule has 59 heavy (non-hydrogen) atoms. The summed E-state index contributed by atoms with van der Waals surface area (Å²) in [6, 6.07) is 67.7. The Morgan fingerprint density at radius 3 is 1.61 bits per heavy atom. The van der Waals surface area contributed by atoms with Crippen LogP contribution in [-0.2, 0) is 0 Å². The maximum Gasteiger partial charge on any atom is 0.136 e. The van der Waals surface area contributed by atoms with E-state index in [4.69, 9.17) is 8.83 Å². The molecule has 0 saturated heterocycles. The van der Waals surface area contributed by atoms with Crippen molar-refractivity contribution in [3.63, 3.8) is 0 Å². The summed E-state index contributed by atoms with van der Waals surface area (Å²) in [7, 11) is 0. The summed E-state index contributed by atoms with van der Waals surface area (Å²) in [4.78, 5) is 2.38. The Kier molecular flexibility index (Phi) is 5.96. The Morgan fingerprint density at radius 2 is 0.864 bits per heavy atom. The van der Waals surface area contributed by atoms with Crippen LogP contribution in [0.5, 0.6) is 0 Å². The summed E-state index contributed by atoms with van der Waals surface area (Å²) >= 11 is 0. The first-order valence-corrected chi connectivity index (χ1v) is 20.1. The first kappa shape index (κ1) is 31.1. The van der Waals surface area contributed by atoms with Crippen molar-refractivity contribution >= 4 is 116 Å². The molecule has 0 aliphatic carbocycles. The molecule has 0 atom stereocenters. The number of hydrogen-bond donors (Lipinski definition) is 0. The van der Waals surface area contributed by atoms with Crippen LogP contribution in [0.4, 0.5) is 17.1 Å². The zero-order chi connectivity index (χ0) is 38.3. The summed E-state index contributed by atoms with van der Waals surface area (Å²) in [5.41, 5.74) is 16.2. The highest BCUT2D eigenvalue weighted by Gasteiger charge is 2.23. The molecule has 0 radical (unpaired) electrons. The van der Waals surface area contributed by atoms with E-state index in [0.29, 0.717) is 0 Å². The number of aromatic nitrogens is 2. The van der Waals surface area contributed by atoms with Crippen molar-refractivity contribution in [2.75, 3.05) is 4.90 Å². The molecule has 0 aliphatic heterocycles. The topological polar surface area (TPSA) is 38.3 Å². The lowest BCUT2D eigenvalue weighted by molar-refractivity contribution is 0.668. The van der Waals surface area contributed by atoms with Crippen LogP contribution in [0.3, 0.4) is 0 Å². The minimum atomic E-state index is 0.873. The summed E-state index contributed by atoms with van der Waals surface area (Å²) in [6.45, 7) is 0. The van der Waals surface area contributed by atoms with Crippen LogP contribution in [0.2, 0.25) is 0 Å². The molecule has 0 N–H and O–H groups in total. The quantitative estimate of drug-likeness (QED) is 0.168. The molecule has 14 rings (SSSR count). The predicted octanol–water partition coefficient (Wildman–Crippen LogP) is 15.2. The molecule has 0 unspecified atom stereocenters. The van der Waals surface area contributed by atoms with Gasteiger partial charge in [-0.05, 0) is 90.0 Å². The van der Waals surface area contributed by atoms with Gasteiger partial charge in [-0.3, -0.25) is 0 Å². The highest BCUT2D eigenvalue weighted by Crippen LogP contribution is 2.45. The summed E-state index contributed by atoms with van der Waals surface area (Å²) in [6.07, 6.45) is 0. The third-order valence-electron chi connectivity index (χ3n) is 12.6. The van der Waals surface area contributed by atoms with E-state index in [1.165, 1.54) is 43.6 Å². The van der Waals surface area contributed by atoms with Gasteiger partial charge in [-0.1, -0.05) is 109 Å². The molecule has 9 aromatic carbocycles. The first-order chi connectivity index (χ1) is 29.3. The maximum absolute atomic E-state index is 6.32. The van der Waals surface area contributed by atoms with Crippen molar-refractivity contribution in [2.45, 2.75) is 0 Å². The fraction of sp³-hybridized carbons (Fsp3) is 0. The van der Waals surface area contributed by atoms with Crippen LogP contribution in [-0.4, -0.2) is 8.80 Å². The van der Waals surface area contributed by atoms with Gasteiger partial charge in [-0.25, -0.2) is 0 Å². The Bertz CT molecular complexity index is 4030. The van der Waals surface area contributed by atoms with Crippen molar-refractivity contribution in [2.24, 2.45) is 0 Å². The molecule has 14 aromatic rings. The van der Waals surface area contributed by atoms with Crippen LogP contribution in [0.1, 0.15) is 0 Å². The van der Waals surface area contributed by atoms with Gasteiger partial charge in [0, 0.05) is 60.2 Å². The SMILES string of the molecule is c1ccc2c(c1)oc1ccc(N(c3ccc(-c4cccc5oc6ccccc6c45)cc3)c3ccc4c(c3)n3c5ccccc5c5ccc6c7ccccc7n4c6c53)cc12. The zero-order valence-electron chi connectivity index (χ0n) is 31.6. The molecular formula is C54H31N3O2. The second-order valence-electron chi connectivity index (χ2n) is 15.7. The molecule has 5 heteroatoms. The smallest absolute Gasteiger partial charge is 0.136 e. The molecule has 0 spiro atoms.